The lowest BCUT2D eigenvalue weighted by molar-refractivity contribution is -0.149. The molecular formula is C28H30N2O5S2. The smallest absolute Gasteiger partial charge is 0.329 e. The summed E-state index contributed by atoms with van der Waals surface area (Å²) in [4.78, 5) is 26.7. The van der Waals surface area contributed by atoms with E-state index in [1.807, 2.05) is 67.6 Å². The maximum atomic E-state index is 13.5. The topological polar surface area (TPSA) is 92.8 Å². The molecule has 194 valence electrons. The van der Waals surface area contributed by atoms with Crippen molar-refractivity contribution < 1.29 is 22.7 Å². The van der Waals surface area contributed by atoms with Gasteiger partial charge in [-0.05, 0) is 30.2 Å². The minimum absolute atomic E-state index is 0.0774. The van der Waals surface area contributed by atoms with Crippen molar-refractivity contribution in [2.24, 2.45) is 0 Å². The van der Waals surface area contributed by atoms with Crippen molar-refractivity contribution in [3.05, 3.63) is 102 Å². The zero-order chi connectivity index (χ0) is 26.3. The molecule has 1 N–H and O–H groups in total. The number of aryl methyl sites for hydroxylation is 1. The summed E-state index contributed by atoms with van der Waals surface area (Å²) in [6.45, 7) is 2.17. The van der Waals surface area contributed by atoms with Crippen molar-refractivity contribution >= 4 is 33.7 Å². The van der Waals surface area contributed by atoms with E-state index >= 15 is 0 Å². The molecule has 1 amide bonds. The molecule has 1 unspecified atom stereocenters. The van der Waals surface area contributed by atoms with Crippen LogP contribution in [0.2, 0.25) is 0 Å². The molecule has 0 spiro atoms. The molecule has 0 radical (unpaired) electrons. The number of ether oxygens (including phenoxy) is 1. The number of amides is 1. The van der Waals surface area contributed by atoms with Crippen LogP contribution in [0.5, 0.6) is 0 Å². The second-order valence-electron chi connectivity index (χ2n) is 8.86. The molecule has 1 fully saturated rings. The third-order valence-electron chi connectivity index (χ3n) is 6.12. The Kier molecular flexibility index (Phi) is 9.02. The number of benzene rings is 3. The number of carbonyl (C=O) groups is 2. The number of nitrogens with zero attached hydrogens (tertiary/aromatic N) is 1. The van der Waals surface area contributed by atoms with Gasteiger partial charge in [-0.3, -0.25) is 4.79 Å². The summed E-state index contributed by atoms with van der Waals surface area (Å²) in [5.41, 5.74) is 2.63. The Balaban J connectivity index is 1.52. The van der Waals surface area contributed by atoms with Crippen LogP contribution in [0.4, 0.5) is 0 Å². The summed E-state index contributed by atoms with van der Waals surface area (Å²) in [5.74, 6) is -0.201. The fourth-order valence-electron chi connectivity index (χ4n) is 4.07. The molecule has 7 nitrogen and oxygen atoms in total. The van der Waals surface area contributed by atoms with Crippen molar-refractivity contribution in [3.8, 4) is 0 Å². The van der Waals surface area contributed by atoms with Crippen LogP contribution in [0.1, 0.15) is 16.7 Å². The second-order valence-corrected chi connectivity index (χ2v) is 11.9. The molecule has 3 aromatic carbocycles. The van der Waals surface area contributed by atoms with Crippen molar-refractivity contribution in [1.82, 2.24) is 9.62 Å². The van der Waals surface area contributed by atoms with E-state index in [0.717, 1.165) is 16.7 Å². The first-order chi connectivity index (χ1) is 17.8. The van der Waals surface area contributed by atoms with Gasteiger partial charge in [0.1, 0.15) is 18.7 Å². The molecule has 0 aliphatic carbocycles. The number of sulfonamides is 1. The number of hydrogen-bond donors (Lipinski definition) is 1. The molecule has 1 saturated heterocycles. The van der Waals surface area contributed by atoms with Crippen LogP contribution in [0.3, 0.4) is 0 Å². The molecule has 2 atom stereocenters. The third kappa shape index (κ3) is 7.00. The lowest BCUT2D eigenvalue weighted by Crippen LogP contribution is -2.57. The first-order valence-electron chi connectivity index (χ1n) is 12.1. The van der Waals surface area contributed by atoms with E-state index in [1.54, 1.807) is 24.3 Å². The van der Waals surface area contributed by atoms with Gasteiger partial charge in [-0.25, -0.2) is 13.2 Å². The van der Waals surface area contributed by atoms with Crippen molar-refractivity contribution in [3.63, 3.8) is 0 Å². The SMILES string of the molecule is Cc1ccc(S(=O)(=O)N2CCSC[C@H]2C(=O)NC(Cc2ccccc2)C(=O)OCc2ccccc2)cc1. The molecule has 0 saturated carbocycles. The summed E-state index contributed by atoms with van der Waals surface area (Å²) in [6, 6.07) is 23.3. The number of carbonyl (C=O) groups excluding carboxylic acids is 2. The van der Waals surface area contributed by atoms with Gasteiger partial charge in [0.05, 0.1) is 4.90 Å². The molecule has 1 heterocycles. The fraction of sp³-hybridized carbons (Fsp3) is 0.286. The molecule has 37 heavy (non-hydrogen) atoms. The predicted molar refractivity (Wildman–Crippen MR) is 144 cm³/mol. The van der Waals surface area contributed by atoms with Crippen LogP contribution in [0.25, 0.3) is 0 Å². The average Bonchev–Trinajstić information content (AvgIpc) is 2.92. The number of rotatable bonds is 9. The van der Waals surface area contributed by atoms with Gasteiger partial charge in [0, 0.05) is 24.5 Å². The third-order valence-corrected chi connectivity index (χ3v) is 9.06. The van der Waals surface area contributed by atoms with Crippen LogP contribution in [0, 0.1) is 6.92 Å². The largest absolute Gasteiger partial charge is 0.459 e. The lowest BCUT2D eigenvalue weighted by Gasteiger charge is -2.34. The first kappa shape index (κ1) is 26.9. The van der Waals surface area contributed by atoms with Crippen LogP contribution < -0.4 is 5.32 Å². The maximum absolute atomic E-state index is 13.5. The Hall–Kier alpha value is -3.14. The minimum Gasteiger partial charge on any atom is -0.459 e. The molecule has 0 bridgehead atoms. The van der Waals surface area contributed by atoms with Crippen LogP contribution in [-0.2, 0) is 37.4 Å². The van der Waals surface area contributed by atoms with Gasteiger partial charge < -0.3 is 10.1 Å². The monoisotopic (exact) mass is 538 g/mol. The van der Waals surface area contributed by atoms with Crippen molar-refractivity contribution in [2.45, 2.75) is 36.9 Å². The van der Waals surface area contributed by atoms with E-state index in [0.29, 0.717) is 11.5 Å². The lowest BCUT2D eigenvalue weighted by atomic mass is 10.1. The van der Waals surface area contributed by atoms with Gasteiger partial charge in [-0.2, -0.15) is 16.1 Å². The average molecular weight is 539 g/mol. The van der Waals surface area contributed by atoms with Crippen LogP contribution >= 0.6 is 11.8 Å². The highest BCUT2D eigenvalue weighted by molar-refractivity contribution is 7.99. The number of thioether (sulfide) groups is 1. The normalized spacial score (nSPS) is 17.1. The van der Waals surface area contributed by atoms with E-state index in [1.165, 1.54) is 16.1 Å². The molecule has 1 aliphatic heterocycles. The van der Waals surface area contributed by atoms with E-state index in [4.69, 9.17) is 4.74 Å². The summed E-state index contributed by atoms with van der Waals surface area (Å²) >= 11 is 1.51. The van der Waals surface area contributed by atoms with Gasteiger partial charge in [0.25, 0.3) is 0 Å². The van der Waals surface area contributed by atoms with Crippen molar-refractivity contribution in [1.29, 1.82) is 0 Å². The molecule has 9 heteroatoms. The van der Waals surface area contributed by atoms with Crippen molar-refractivity contribution in [2.75, 3.05) is 18.1 Å². The highest BCUT2D eigenvalue weighted by Crippen LogP contribution is 2.25. The Morgan fingerprint density at radius 3 is 2.24 bits per heavy atom. The highest BCUT2D eigenvalue weighted by Gasteiger charge is 2.39. The quantitative estimate of drug-likeness (QED) is 0.419. The first-order valence-corrected chi connectivity index (χ1v) is 14.6. The molecular weight excluding hydrogens is 508 g/mol. The van der Waals surface area contributed by atoms with E-state index < -0.39 is 34.0 Å². The Bertz CT molecular complexity index is 1300. The predicted octanol–water partition coefficient (Wildman–Crippen LogP) is 3.57. The maximum Gasteiger partial charge on any atom is 0.329 e. The number of nitrogens with one attached hydrogen (secondary N) is 1. The molecule has 4 rings (SSSR count). The van der Waals surface area contributed by atoms with Crippen LogP contribution in [0.15, 0.2) is 89.8 Å². The van der Waals surface area contributed by atoms with Gasteiger partial charge in [-0.1, -0.05) is 78.4 Å². The Morgan fingerprint density at radius 2 is 1.59 bits per heavy atom. The van der Waals surface area contributed by atoms with Crippen LogP contribution in [-0.4, -0.2) is 54.7 Å². The summed E-state index contributed by atoms with van der Waals surface area (Å²) in [7, 11) is -3.89. The van der Waals surface area contributed by atoms with E-state index in [2.05, 4.69) is 5.32 Å². The highest BCUT2D eigenvalue weighted by atomic mass is 32.2. The summed E-state index contributed by atoms with van der Waals surface area (Å²) < 4.78 is 33.6. The van der Waals surface area contributed by atoms with Gasteiger partial charge >= 0.3 is 5.97 Å². The summed E-state index contributed by atoms with van der Waals surface area (Å²) in [6.07, 6.45) is 0.227. The number of hydrogen-bond acceptors (Lipinski definition) is 6. The standard InChI is InChI=1S/C28H30N2O5S2/c1-21-12-14-24(15-13-21)37(33,34)30-16-17-36-20-26(30)27(31)29-25(18-22-8-4-2-5-9-22)28(32)35-19-23-10-6-3-7-11-23/h2-15,25-26H,16-20H2,1H3,(H,29,31)/t25?,26-/m0/s1. The van der Waals surface area contributed by atoms with E-state index in [9.17, 15) is 18.0 Å². The Labute approximate surface area is 222 Å². The molecule has 1 aliphatic rings. The van der Waals surface area contributed by atoms with E-state index in [-0.39, 0.29) is 24.5 Å². The number of esters is 1. The second kappa shape index (κ2) is 12.4. The minimum atomic E-state index is -3.89. The van der Waals surface area contributed by atoms with Gasteiger partial charge in [-0.15, -0.1) is 0 Å². The summed E-state index contributed by atoms with van der Waals surface area (Å²) in [5, 5.41) is 2.80. The Morgan fingerprint density at radius 1 is 0.973 bits per heavy atom. The zero-order valence-corrected chi connectivity index (χ0v) is 22.2. The van der Waals surface area contributed by atoms with Gasteiger partial charge in [0.2, 0.25) is 15.9 Å². The van der Waals surface area contributed by atoms with Gasteiger partial charge in [0.15, 0.2) is 0 Å². The zero-order valence-electron chi connectivity index (χ0n) is 20.6. The molecule has 0 aromatic heterocycles. The molecule has 3 aromatic rings. The fourth-order valence-corrected chi connectivity index (χ4v) is 6.91.